The van der Waals surface area contributed by atoms with Gasteiger partial charge >= 0.3 is 0 Å². The predicted octanol–water partition coefficient (Wildman–Crippen LogP) is 2.70. The molecule has 0 saturated heterocycles. The van der Waals surface area contributed by atoms with Crippen LogP contribution in [0.4, 0.5) is 5.82 Å². The maximum Gasteiger partial charge on any atom is 0.126 e. The van der Waals surface area contributed by atoms with Gasteiger partial charge in [0.2, 0.25) is 0 Å². The summed E-state index contributed by atoms with van der Waals surface area (Å²) in [5.41, 5.74) is 9.43. The maximum atomic E-state index is 5.82. The van der Waals surface area contributed by atoms with E-state index in [2.05, 4.69) is 28.4 Å². The minimum atomic E-state index is 0.640. The highest BCUT2D eigenvalue weighted by atomic mass is 32.2. The number of aromatic nitrogens is 2. The first-order valence-corrected chi connectivity index (χ1v) is 6.38. The van der Waals surface area contributed by atoms with Gasteiger partial charge in [-0.3, -0.25) is 5.10 Å². The number of aromatic amines is 1. The smallest absolute Gasteiger partial charge is 0.126 e. The molecule has 0 unspecified atom stereocenters. The first kappa shape index (κ1) is 9.78. The van der Waals surface area contributed by atoms with Gasteiger partial charge in [-0.05, 0) is 35.8 Å². The molecule has 82 valence electrons. The van der Waals surface area contributed by atoms with Crippen LogP contribution in [0, 0.1) is 0 Å². The van der Waals surface area contributed by atoms with E-state index in [0.29, 0.717) is 5.82 Å². The van der Waals surface area contributed by atoms with E-state index < -0.39 is 0 Å². The Bertz CT molecular complexity index is 519. The van der Waals surface area contributed by atoms with Crippen molar-refractivity contribution >= 4 is 17.6 Å². The highest BCUT2D eigenvalue weighted by molar-refractivity contribution is 7.99. The standard InChI is InChI=1S/C12H13N3S/c13-12-10(7-14-15-12)9-4-3-8-2-1-5-16-11(8)6-9/h3-4,6-7H,1-2,5H2,(H3,13,14,15). The summed E-state index contributed by atoms with van der Waals surface area (Å²) in [5.74, 6) is 1.86. The molecule has 0 bridgehead atoms. The van der Waals surface area contributed by atoms with E-state index in [1.165, 1.54) is 29.1 Å². The first-order chi connectivity index (χ1) is 7.84. The predicted molar refractivity (Wildman–Crippen MR) is 67.5 cm³/mol. The van der Waals surface area contributed by atoms with Crippen molar-refractivity contribution in [3.05, 3.63) is 30.0 Å². The number of hydrogen-bond donors (Lipinski definition) is 2. The fraction of sp³-hybridized carbons (Fsp3) is 0.250. The highest BCUT2D eigenvalue weighted by Crippen LogP contribution is 2.34. The van der Waals surface area contributed by atoms with Gasteiger partial charge in [-0.2, -0.15) is 5.10 Å². The monoisotopic (exact) mass is 231 g/mol. The SMILES string of the molecule is Nc1[nH]ncc1-c1ccc2c(c1)SCCC2. The molecule has 1 aliphatic heterocycles. The van der Waals surface area contributed by atoms with Crippen molar-refractivity contribution in [2.75, 3.05) is 11.5 Å². The van der Waals surface area contributed by atoms with E-state index in [-0.39, 0.29) is 0 Å². The number of anilines is 1. The molecular weight excluding hydrogens is 218 g/mol. The van der Waals surface area contributed by atoms with Crippen molar-refractivity contribution in [1.82, 2.24) is 10.2 Å². The van der Waals surface area contributed by atoms with Gasteiger partial charge in [-0.25, -0.2) is 0 Å². The topological polar surface area (TPSA) is 54.7 Å². The lowest BCUT2D eigenvalue weighted by Gasteiger charge is -2.15. The summed E-state index contributed by atoms with van der Waals surface area (Å²) in [6.07, 6.45) is 4.26. The lowest BCUT2D eigenvalue weighted by Crippen LogP contribution is -1.98. The maximum absolute atomic E-state index is 5.82. The average Bonchev–Trinajstić information content (AvgIpc) is 2.75. The molecule has 2 aromatic rings. The van der Waals surface area contributed by atoms with Crippen LogP contribution < -0.4 is 5.73 Å². The number of benzene rings is 1. The van der Waals surface area contributed by atoms with Crippen LogP contribution in [0.15, 0.2) is 29.3 Å². The molecule has 3 nitrogen and oxygen atoms in total. The Morgan fingerprint density at radius 2 is 2.31 bits per heavy atom. The van der Waals surface area contributed by atoms with E-state index in [0.717, 1.165) is 11.1 Å². The van der Waals surface area contributed by atoms with Crippen molar-refractivity contribution < 1.29 is 0 Å². The van der Waals surface area contributed by atoms with E-state index >= 15 is 0 Å². The quantitative estimate of drug-likeness (QED) is 0.793. The average molecular weight is 231 g/mol. The second-order valence-electron chi connectivity index (χ2n) is 3.97. The van der Waals surface area contributed by atoms with E-state index in [4.69, 9.17) is 5.73 Å². The van der Waals surface area contributed by atoms with Crippen LogP contribution in [0.1, 0.15) is 12.0 Å². The van der Waals surface area contributed by atoms with E-state index in [1.54, 1.807) is 6.20 Å². The first-order valence-electron chi connectivity index (χ1n) is 5.39. The third kappa shape index (κ3) is 1.59. The molecule has 2 heterocycles. The number of hydrogen-bond acceptors (Lipinski definition) is 3. The molecule has 0 aliphatic carbocycles. The molecule has 3 rings (SSSR count). The van der Waals surface area contributed by atoms with E-state index in [1.807, 2.05) is 11.8 Å². The fourth-order valence-corrected chi connectivity index (χ4v) is 3.11. The molecule has 0 saturated carbocycles. The Morgan fingerprint density at radius 1 is 1.38 bits per heavy atom. The highest BCUT2D eigenvalue weighted by Gasteiger charge is 2.12. The number of aryl methyl sites for hydroxylation is 1. The zero-order valence-corrected chi connectivity index (χ0v) is 9.68. The number of thioether (sulfide) groups is 1. The number of H-pyrrole nitrogens is 1. The van der Waals surface area contributed by atoms with Crippen molar-refractivity contribution in [2.45, 2.75) is 17.7 Å². The molecule has 0 atom stereocenters. The zero-order valence-electron chi connectivity index (χ0n) is 8.86. The van der Waals surface area contributed by atoms with Gasteiger partial charge in [0.05, 0.1) is 6.20 Å². The second kappa shape index (κ2) is 3.87. The summed E-state index contributed by atoms with van der Waals surface area (Å²) in [6.45, 7) is 0. The Kier molecular flexibility index (Phi) is 2.36. The van der Waals surface area contributed by atoms with Gasteiger partial charge < -0.3 is 5.73 Å². The van der Waals surface area contributed by atoms with Gasteiger partial charge in [0.1, 0.15) is 5.82 Å². The van der Waals surface area contributed by atoms with Crippen LogP contribution in [0.5, 0.6) is 0 Å². The summed E-state index contributed by atoms with van der Waals surface area (Å²) >= 11 is 1.93. The summed E-state index contributed by atoms with van der Waals surface area (Å²) < 4.78 is 0. The summed E-state index contributed by atoms with van der Waals surface area (Å²) in [4.78, 5) is 1.39. The van der Waals surface area contributed by atoms with Crippen LogP contribution in [-0.4, -0.2) is 16.0 Å². The number of nitrogens with one attached hydrogen (secondary N) is 1. The lowest BCUT2D eigenvalue weighted by atomic mass is 10.0. The van der Waals surface area contributed by atoms with Crippen LogP contribution in [0.2, 0.25) is 0 Å². The normalized spacial score (nSPS) is 14.8. The molecule has 0 fully saturated rings. The Hall–Kier alpha value is -1.42. The van der Waals surface area contributed by atoms with Crippen LogP contribution in [0.3, 0.4) is 0 Å². The molecule has 1 aliphatic rings. The second-order valence-corrected chi connectivity index (χ2v) is 5.11. The van der Waals surface area contributed by atoms with Crippen molar-refractivity contribution in [2.24, 2.45) is 0 Å². The molecule has 0 radical (unpaired) electrons. The molecule has 16 heavy (non-hydrogen) atoms. The Balaban J connectivity index is 2.06. The molecule has 1 aromatic heterocycles. The largest absolute Gasteiger partial charge is 0.384 e. The van der Waals surface area contributed by atoms with Gasteiger partial charge in [0.25, 0.3) is 0 Å². The van der Waals surface area contributed by atoms with Gasteiger partial charge in [0.15, 0.2) is 0 Å². The summed E-state index contributed by atoms with van der Waals surface area (Å²) in [5, 5.41) is 6.72. The Labute approximate surface area is 98.4 Å². The number of nitrogens with two attached hydrogens (primary N) is 1. The molecule has 1 aromatic carbocycles. The fourth-order valence-electron chi connectivity index (χ4n) is 2.03. The third-order valence-corrected chi connectivity index (χ3v) is 4.08. The third-order valence-electron chi connectivity index (χ3n) is 2.90. The number of rotatable bonds is 1. The molecule has 3 N–H and O–H groups in total. The van der Waals surface area contributed by atoms with Gasteiger partial charge in [-0.15, -0.1) is 11.8 Å². The lowest BCUT2D eigenvalue weighted by molar-refractivity contribution is 0.890. The van der Waals surface area contributed by atoms with Crippen molar-refractivity contribution in [1.29, 1.82) is 0 Å². The van der Waals surface area contributed by atoms with Crippen molar-refractivity contribution in [3.63, 3.8) is 0 Å². The van der Waals surface area contributed by atoms with Gasteiger partial charge in [-0.1, -0.05) is 12.1 Å². The van der Waals surface area contributed by atoms with Gasteiger partial charge in [0, 0.05) is 10.5 Å². The summed E-state index contributed by atoms with van der Waals surface area (Å²) in [6, 6.07) is 6.57. The van der Waals surface area contributed by atoms with E-state index in [9.17, 15) is 0 Å². The molecule has 0 spiro atoms. The zero-order chi connectivity index (χ0) is 11.0. The summed E-state index contributed by atoms with van der Waals surface area (Å²) in [7, 11) is 0. The Morgan fingerprint density at radius 3 is 3.12 bits per heavy atom. The van der Waals surface area contributed by atoms with Crippen molar-refractivity contribution in [3.8, 4) is 11.1 Å². The molecular formula is C12H13N3S. The number of nitrogen functional groups attached to an aromatic ring is 1. The molecule has 4 heteroatoms. The minimum Gasteiger partial charge on any atom is -0.384 e. The van der Waals surface area contributed by atoms with Crippen LogP contribution in [-0.2, 0) is 6.42 Å². The number of nitrogens with zero attached hydrogens (tertiary/aromatic N) is 1. The number of fused-ring (bicyclic) bond motifs is 1. The van der Waals surface area contributed by atoms with Crippen LogP contribution in [0.25, 0.3) is 11.1 Å². The van der Waals surface area contributed by atoms with Crippen LogP contribution >= 0.6 is 11.8 Å². The molecule has 0 amide bonds. The minimum absolute atomic E-state index is 0.640.